The number of fused-ring (bicyclic) bond motifs is 1. The van der Waals surface area contributed by atoms with Crippen molar-refractivity contribution in [1.82, 2.24) is 14.7 Å². The summed E-state index contributed by atoms with van der Waals surface area (Å²) >= 11 is 1.73. The van der Waals surface area contributed by atoms with E-state index in [9.17, 15) is 4.39 Å². The standard InChI is InChI=1S/C15H18FN4S/c16-13-1-2-15-14(3-13)12(5-21-15)4-20-9-17-6-18(10-20)8-19(7-17)11-20/h1-3,5H,4,6-11H2/q+1. The van der Waals surface area contributed by atoms with Gasteiger partial charge in [0.05, 0.1) is 20.0 Å². The van der Waals surface area contributed by atoms with Gasteiger partial charge in [-0.3, -0.25) is 4.48 Å². The van der Waals surface area contributed by atoms with Crippen molar-refractivity contribution in [2.45, 2.75) is 6.54 Å². The van der Waals surface area contributed by atoms with E-state index in [1.165, 1.54) is 10.3 Å². The number of thiophene rings is 1. The van der Waals surface area contributed by atoms with Crippen LogP contribution in [0.5, 0.6) is 0 Å². The number of hydrogen-bond donors (Lipinski definition) is 0. The molecule has 6 rings (SSSR count). The van der Waals surface area contributed by atoms with E-state index in [1.807, 2.05) is 6.07 Å². The van der Waals surface area contributed by atoms with Gasteiger partial charge in [-0.25, -0.2) is 19.1 Å². The van der Waals surface area contributed by atoms with E-state index >= 15 is 0 Å². The van der Waals surface area contributed by atoms with Gasteiger partial charge in [-0.2, -0.15) is 0 Å². The lowest BCUT2D eigenvalue weighted by Gasteiger charge is -2.60. The maximum atomic E-state index is 13.6. The highest BCUT2D eigenvalue weighted by molar-refractivity contribution is 7.17. The Kier molecular flexibility index (Phi) is 2.52. The molecule has 0 N–H and O–H groups in total. The first-order chi connectivity index (χ1) is 10.2. The highest BCUT2D eigenvalue weighted by Gasteiger charge is 2.48. The molecule has 4 aliphatic heterocycles. The molecule has 6 heteroatoms. The van der Waals surface area contributed by atoms with Crippen LogP contribution >= 0.6 is 11.3 Å². The van der Waals surface area contributed by atoms with Gasteiger partial charge in [-0.1, -0.05) is 0 Å². The summed E-state index contributed by atoms with van der Waals surface area (Å²) < 4.78 is 15.8. The van der Waals surface area contributed by atoms with Gasteiger partial charge in [0.15, 0.2) is 0 Å². The first-order valence-corrected chi connectivity index (χ1v) is 8.25. The van der Waals surface area contributed by atoms with Gasteiger partial charge in [-0.05, 0) is 18.2 Å². The van der Waals surface area contributed by atoms with Crippen molar-refractivity contribution < 1.29 is 8.87 Å². The molecule has 0 atom stereocenters. The Labute approximate surface area is 127 Å². The van der Waals surface area contributed by atoms with Crippen LogP contribution in [0.4, 0.5) is 4.39 Å². The number of hydrogen-bond acceptors (Lipinski definition) is 4. The van der Waals surface area contributed by atoms with E-state index in [2.05, 4.69) is 20.1 Å². The second-order valence-corrected chi connectivity index (χ2v) is 7.67. The molecule has 0 aliphatic carbocycles. The Hall–Kier alpha value is -1.05. The molecule has 0 amide bonds. The topological polar surface area (TPSA) is 9.72 Å². The molecular formula is C15H18FN4S+. The van der Waals surface area contributed by atoms with Gasteiger partial charge in [0.25, 0.3) is 0 Å². The van der Waals surface area contributed by atoms with Crippen LogP contribution in [0, 0.1) is 5.82 Å². The van der Waals surface area contributed by atoms with E-state index in [4.69, 9.17) is 0 Å². The van der Waals surface area contributed by atoms with Crippen LogP contribution in [0.3, 0.4) is 0 Å². The van der Waals surface area contributed by atoms with Gasteiger partial charge >= 0.3 is 0 Å². The number of rotatable bonds is 2. The molecule has 1 aromatic carbocycles. The minimum absolute atomic E-state index is 0.128. The fraction of sp³-hybridized carbons (Fsp3) is 0.467. The average molecular weight is 305 g/mol. The molecule has 0 spiro atoms. The van der Waals surface area contributed by atoms with E-state index in [1.54, 1.807) is 23.5 Å². The molecule has 0 radical (unpaired) electrons. The molecule has 110 valence electrons. The first kappa shape index (κ1) is 12.5. The Bertz CT molecular complexity index is 677. The summed E-state index contributed by atoms with van der Waals surface area (Å²) in [5.41, 5.74) is 1.31. The number of quaternary nitrogens is 1. The first-order valence-electron chi connectivity index (χ1n) is 7.37. The maximum Gasteiger partial charge on any atom is 0.139 e. The maximum absolute atomic E-state index is 13.6. The Morgan fingerprint density at radius 1 is 1.05 bits per heavy atom. The highest BCUT2D eigenvalue weighted by atomic mass is 32.1. The molecule has 4 nitrogen and oxygen atoms in total. The minimum Gasteiger partial charge on any atom is -0.282 e. The zero-order valence-electron chi connectivity index (χ0n) is 11.8. The molecule has 21 heavy (non-hydrogen) atoms. The average Bonchev–Trinajstić information content (AvgIpc) is 2.79. The van der Waals surface area contributed by atoms with Gasteiger partial charge in [0.1, 0.15) is 32.4 Å². The zero-order chi connectivity index (χ0) is 14.0. The molecule has 0 saturated carbocycles. The van der Waals surface area contributed by atoms with Crippen molar-refractivity contribution in [3.05, 3.63) is 35.0 Å². The van der Waals surface area contributed by atoms with Crippen LogP contribution in [-0.2, 0) is 6.54 Å². The monoisotopic (exact) mass is 305 g/mol. The summed E-state index contributed by atoms with van der Waals surface area (Å²) in [6, 6.07) is 5.17. The van der Waals surface area contributed by atoms with Crippen molar-refractivity contribution in [2.24, 2.45) is 0 Å². The molecule has 4 aliphatic rings. The molecule has 5 heterocycles. The minimum atomic E-state index is -0.128. The number of nitrogens with zero attached hydrogens (tertiary/aromatic N) is 4. The lowest BCUT2D eigenvalue weighted by molar-refractivity contribution is -0.991. The fourth-order valence-electron chi connectivity index (χ4n) is 4.35. The van der Waals surface area contributed by atoms with Crippen LogP contribution in [0.25, 0.3) is 10.1 Å². The second-order valence-electron chi connectivity index (χ2n) is 6.76. The predicted molar refractivity (Wildman–Crippen MR) is 80.5 cm³/mol. The molecular weight excluding hydrogens is 287 g/mol. The van der Waals surface area contributed by atoms with Gasteiger partial charge in [-0.15, -0.1) is 11.3 Å². The Morgan fingerprint density at radius 3 is 2.38 bits per heavy atom. The summed E-state index contributed by atoms with van der Waals surface area (Å²) in [5.74, 6) is -0.128. The molecule has 1 aromatic heterocycles. The van der Waals surface area contributed by atoms with Crippen LogP contribution < -0.4 is 0 Å². The summed E-state index contributed by atoms with van der Waals surface area (Å²) in [6.07, 6.45) is 0. The van der Waals surface area contributed by atoms with Gasteiger partial charge in [0, 0.05) is 21.0 Å². The predicted octanol–water partition coefficient (Wildman–Crippen LogP) is 2.05. The number of halogens is 1. The van der Waals surface area contributed by atoms with E-state index in [0.717, 1.165) is 56.4 Å². The van der Waals surface area contributed by atoms with E-state index < -0.39 is 0 Å². The van der Waals surface area contributed by atoms with Crippen LogP contribution in [-0.4, -0.2) is 59.2 Å². The van der Waals surface area contributed by atoms with Crippen molar-refractivity contribution in [3.63, 3.8) is 0 Å². The van der Waals surface area contributed by atoms with Gasteiger partial charge < -0.3 is 0 Å². The van der Waals surface area contributed by atoms with E-state index in [0.29, 0.717) is 0 Å². The third kappa shape index (κ3) is 1.94. The molecule has 2 aromatic rings. The number of benzene rings is 1. The summed E-state index contributed by atoms with van der Waals surface area (Å²) in [6.45, 7) is 7.70. The third-order valence-electron chi connectivity index (χ3n) is 4.82. The fourth-order valence-corrected chi connectivity index (χ4v) is 5.28. The molecule has 4 fully saturated rings. The Morgan fingerprint density at radius 2 is 1.71 bits per heavy atom. The normalized spacial score (nSPS) is 37.5. The quantitative estimate of drug-likeness (QED) is 0.786. The van der Waals surface area contributed by atoms with Crippen molar-refractivity contribution >= 4 is 21.4 Å². The summed E-state index contributed by atoms with van der Waals surface area (Å²) in [5, 5.41) is 3.33. The summed E-state index contributed by atoms with van der Waals surface area (Å²) in [7, 11) is 0. The third-order valence-corrected chi connectivity index (χ3v) is 5.83. The second kappa shape index (κ2) is 4.24. The SMILES string of the molecule is Fc1ccc2scc(C[N+]34CN5CN(CN(C5)C3)C4)c2c1. The molecule has 4 saturated heterocycles. The van der Waals surface area contributed by atoms with Crippen molar-refractivity contribution in [3.8, 4) is 0 Å². The molecule has 0 unspecified atom stereocenters. The van der Waals surface area contributed by atoms with Gasteiger partial charge in [0.2, 0.25) is 0 Å². The summed E-state index contributed by atoms with van der Waals surface area (Å²) in [4.78, 5) is 7.56. The highest BCUT2D eigenvalue weighted by Crippen LogP contribution is 2.34. The lowest BCUT2D eigenvalue weighted by Crippen LogP contribution is -2.78. The van der Waals surface area contributed by atoms with Crippen LogP contribution in [0.2, 0.25) is 0 Å². The van der Waals surface area contributed by atoms with Crippen molar-refractivity contribution in [1.29, 1.82) is 0 Å². The lowest BCUT2D eigenvalue weighted by atomic mass is 10.1. The zero-order valence-corrected chi connectivity index (χ0v) is 12.7. The van der Waals surface area contributed by atoms with Crippen LogP contribution in [0.15, 0.2) is 23.6 Å². The largest absolute Gasteiger partial charge is 0.282 e. The van der Waals surface area contributed by atoms with E-state index in [-0.39, 0.29) is 5.82 Å². The molecule has 4 bridgehead atoms. The van der Waals surface area contributed by atoms with Crippen LogP contribution in [0.1, 0.15) is 5.56 Å². The van der Waals surface area contributed by atoms with Crippen molar-refractivity contribution in [2.75, 3.05) is 40.0 Å². The smallest absolute Gasteiger partial charge is 0.139 e. The Balaban J connectivity index is 1.52.